The normalized spacial score (nSPS) is 17.1. The lowest BCUT2D eigenvalue weighted by atomic mass is 9.97. The first kappa shape index (κ1) is 15.2. The first-order valence-corrected chi connectivity index (χ1v) is 8.12. The van der Waals surface area contributed by atoms with E-state index >= 15 is 0 Å². The highest BCUT2D eigenvalue weighted by atomic mass is 32.1. The van der Waals surface area contributed by atoms with E-state index in [0.29, 0.717) is 5.92 Å². The molecule has 0 saturated carbocycles. The van der Waals surface area contributed by atoms with Gasteiger partial charge in [0.1, 0.15) is 5.60 Å². The molecule has 112 valence electrons. The fraction of sp³-hybridized carbons (Fsp3) is 0.667. The average Bonchev–Trinajstić information content (AvgIpc) is 2.88. The molecular weight excluding hydrogens is 272 g/mol. The topological polar surface area (TPSA) is 41.6 Å². The summed E-state index contributed by atoms with van der Waals surface area (Å²) in [5.74, 6) is 0.633. The van der Waals surface area contributed by atoms with Crippen LogP contribution in [0.25, 0.3) is 0 Å². The van der Waals surface area contributed by atoms with E-state index in [0.717, 1.165) is 32.5 Å². The molecule has 1 aromatic heterocycles. The van der Waals surface area contributed by atoms with Gasteiger partial charge in [0, 0.05) is 30.7 Å². The van der Waals surface area contributed by atoms with E-state index in [4.69, 9.17) is 4.74 Å². The van der Waals surface area contributed by atoms with Crippen LogP contribution >= 0.6 is 11.3 Å². The minimum Gasteiger partial charge on any atom is -0.444 e. The molecule has 0 aliphatic carbocycles. The molecule has 0 aromatic carbocycles. The number of nitrogens with zero attached hydrogens (tertiary/aromatic N) is 1. The summed E-state index contributed by atoms with van der Waals surface area (Å²) in [7, 11) is 0. The summed E-state index contributed by atoms with van der Waals surface area (Å²) in [5, 5.41) is 7.65. The van der Waals surface area contributed by atoms with Crippen LogP contribution in [0.15, 0.2) is 16.8 Å². The zero-order valence-corrected chi connectivity index (χ0v) is 13.3. The average molecular weight is 296 g/mol. The van der Waals surface area contributed by atoms with Gasteiger partial charge in [-0.2, -0.15) is 11.3 Å². The lowest BCUT2D eigenvalue weighted by molar-refractivity contribution is 0.0188. The molecule has 0 bridgehead atoms. The third-order valence-corrected chi connectivity index (χ3v) is 4.07. The SMILES string of the molecule is CC(C)(C)OC(=O)N1CCC(CNc2ccsc2)CC1. The highest BCUT2D eigenvalue weighted by Crippen LogP contribution is 2.21. The number of amides is 1. The number of likely N-dealkylation sites (tertiary alicyclic amines) is 1. The number of ether oxygens (including phenoxy) is 1. The van der Waals surface area contributed by atoms with Crippen molar-refractivity contribution < 1.29 is 9.53 Å². The number of anilines is 1. The third-order valence-electron chi connectivity index (χ3n) is 3.38. The van der Waals surface area contributed by atoms with Gasteiger partial charge in [-0.3, -0.25) is 0 Å². The van der Waals surface area contributed by atoms with Crippen molar-refractivity contribution in [3.8, 4) is 0 Å². The van der Waals surface area contributed by atoms with Crippen molar-refractivity contribution in [1.82, 2.24) is 4.90 Å². The van der Waals surface area contributed by atoms with Gasteiger partial charge >= 0.3 is 6.09 Å². The molecule has 2 rings (SSSR count). The molecule has 1 aliphatic heterocycles. The van der Waals surface area contributed by atoms with Crippen LogP contribution in [0.5, 0.6) is 0 Å². The fourth-order valence-electron chi connectivity index (χ4n) is 2.27. The molecule has 1 saturated heterocycles. The summed E-state index contributed by atoms with van der Waals surface area (Å²) < 4.78 is 5.40. The number of hydrogen-bond acceptors (Lipinski definition) is 4. The highest BCUT2D eigenvalue weighted by Gasteiger charge is 2.26. The summed E-state index contributed by atoms with van der Waals surface area (Å²) in [6, 6.07) is 2.10. The Bertz CT molecular complexity index is 418. The van der Waals surface area contributed by atoms with Crippen molar-refractivity contribution in [3.05, 3.63) is 16.8 Å². The quantitative estimate of drug-likeness (QED) is 0.922. The van der Waals surface area contributed by atoms with Gasteiger partial charge in [0.25, 0.3) is 0 Å². The van der Waals surface area contributed by atoms with E-state index in [9.17, 15) is 4.79 Å². The van der Waals surface area contributed by atoms with Crippen molar-refractivity contribution in [3.63, 3.8) is 0 Å². The van der Waals surface area contributed by atoms with Crippen LogP contribution in [-0.4, -0.2) is 36.2 Å². The zero-order valence-electron chi connectivity index (χ0n) is 12.5. The Morgan fingerprint density at radius 1 is 1.45 bits per heavy atom. The first-order chi connectivity index (χ1) is 9.44. The summed E-state index contributed by atoms with van der Waals surface area (Å²) in [5.41, 5.74) is 0.790. The Balaban J connectivity index is 1.71. The van der Waals surface area contributed by atoms with Gasteiger partial charge in [0.2, 0.25) is 0 Å². The van der Waals surface area contributed by atoms with Crippen molar-refractivity contribution >= 4 is 23.1 Å². The van der Waals surface area contributed by atoms with Gasteiger partial charge in [-0.05, 0) is 51.0 Å². The second-order valence-electron chi connectivity index (χ2n) is 6.30. The van der Waals surface area contributed by atoms with Crippen LogP contribution in [0.3, 0.4) is 0 Å². The molecule has 1 fully saturated rings. The number of carbonyl (C=O) groups is 1. The van der Waals surface area contributed by atoms with E-state index in [-0.39, 0.29) is 6.09 Å². The van der Waals surface area contributed by atoms with Crippen LogP contribution in [0.2, 0.25) is 0 Å². The standard InChI is InChI=1S/C15H24N2O2S/c1-15(2,3)19-14(18)17-7-4-12(5-8-17)10-16-13-6-9-20-11-13/h6,9,11-12,16H,4-5,7-8,10H2,1-3H3. The summed E-state index contributed by atoms with van der Waals surface area (Å²) in [6.07, 6.45) is 1.90. The minimum absolute atomic E-state index is 0.179. The minimum atomic E-state index is -0.408. The lowest BCUT2D eigenvalue weighted by Gasteiger charge is -2.33. The highest BCUT2D eigenvalue weighted by molar-refractivity contribution is 7.08. The molecule has 1 aromatic rings. The Morgan fingerprint density at radius 2 is 2.15 bits per heavy atom. The van der Waals surface area contributed by atoms with E-state index < -0.39 is 5.60 Å². The van der Waals surface area contributed by atoms with Crippen LogP contribution in [-0.2, 0) is 4.74 Å². The predicted molar refractivity (Wildman–Crippen MR) is 83.3 cm³/mol. The van der Waals surface area contributed by atoms with Crippen molar-refractivity contribution in [2.45, 2.75) is 39.2 Å². The Labute approximate surface area is 125 Å². The van der Waals surface area contributed by atoms with Gasteiger partial charge in [0.15, 0.2) is 0 Å². The molecule has 1 amide bonds. The van der Waals surface area contributed by atoms with Gasteiger partial charge in [-0.15, -0.1) is 0 Å². The molecule has 0 atom stereocenters. The molecule has 0 unspecified atom stereocenters. The maximum absolute atomic E-state index is 12.0. The van der Waals surface area contributed by atoms with E-state index in [1.54, 1.807) is 11.3 Å². The molecule has 2 heterocycles. The molecule has 0 spiro atoms. The maximum atomic E-state index is 12.0. The molecule has 5 heteroatoms. The fourth-order valence-corrected chi connectivity index (χ4v) is 2.89. The number of hydrogen-bond donors (Lipinski definition) is 1. The number of thiophene rings is 1. The maximum Gasteiger partial charge on any atom is 0.410 e. The van der Waals surface area contributed by atoms with Crippen molar-refractivity contribution in [1.29, 1.82) is 0 Å². The second kappa shape index (κ2) is 6.48. The van der Waals surface area contributed by atoms with Gasteiger partial charge in [0.05, 0.1) is 0 Å². The van der Waals surface area contributed by atoms with Gasteiger partial charge in [-0.1, -0.05) is 0 Å². The van der Waals surface area contributed by atoms with Gasteiger partial charge < -0.3 is 15.0 Å². The Kier molecular flexibility index (Phi) is 4.91. The van der Waals surface area contributed by atoms with Crippen molar-refractivity contribution in [2.24, 2.45) is 5.92 Å². The summed E-state index contributed by atoms with van der Waals surface area (Å²) in [6.45, 7) is 8.29. The van der Waals surface area contributed by atoms with Gasteiger partial charge in [-0.25, -0.2) is 4.79 Å². The van der Waals surface area contributed by atoms with Crippen LogP contribution in [0, 0.1) is 5.92 Å². The first-order valence-electron chi connectivity index (χ1n) is 7.18. The number of nitrogens with one attached hydrogen (secondary N) is 1. The largest absolute Gasteiger partial charge is 0.444 e. The number of piperidine rings is 1. The Hall–Kier alpha value is -1.23. The summed E-state index contributed by atoms with van der Waals surface area (Å²) >= 11 is 1.70. The van der Waals surface area contributed by atoms with E-state index in [1.165, 1.54) is 5.69 Å². The molecular formula is C15H24N2O2S. The number of carbonyl (C=O) groups excluding carboxylic acids is 1. The smallest absolute Gasteiger partial charge is 0.410 e. The summed E-state index contributed by atoms with van der Waals surface area (Å²) in [4.78, 5) is 13.8. The molecule has 20 heavy (non-hydrogen) atoms. The number of rotatable bonds is 3. The Morgan fingerprint density at radius 3 is 2.70 bits per heavy atom. The molecule has 1 aliphatic rings. The molecule has 0 radical (unpaired) electrons. The van der Waals surface area contributed by atoms with Crippen molar-refractivity contribution in [2.75, 3.05) is 25.0 Å². The van der Waals surface area contributed by atoms with Crippen LogP contribution < -0.4 is 5.32 Å². The van der Waals surface area contributed by atoms with E-state index in [2.05, 4.69) is 22.1 Å². The third kappa shape index (κ3) is 4.71. The van der Waals surface area contributed by atoms with E-state index in [1.807, 2.05) is 25.7 Å². The van der Waals surface area contributed by atoms with Crippen LogP contribution in [0.4, 0.5) is 10.5 Å². The molecule has 1 N–H and O–H groups in total. The zero-order chi connectivity index (χ0) is 14.6. The monoisotopic (exact) mass is 296 g/mol. The molecule has 4 nitrogen and oxygen atoms in total. The lowest BCUT2D eigenvalue weighted by Crippen LogP contribution is -2.42. The van der Waals surface area contributed by atoms with Crippen LogP contribution in [0.1, 0.15) is 33.6 Å². The second-order valence-corrected chi connectivity index (χ2v) is 7.08. The predicted octanol–water partition coefficient (Wildman–Crippen LogP) is 3.81.